The number of carbonyl (C=O) groups is 1. The standard InChI is InChI=1S/C10H11O3/c1-7(10(12)13-2)8-5-3-4-6-9(8)11/h3-7H,1-2H3. The third kappa shape index (κ3) is 1.99. The van der Waals surface area contributed by atoms with E-state index in [0.29, 0.717) is 5.56 Å². The molecule has 0 heterocycles. The highest BCUT2D eigenvalue weighted by Gasteiger charge is 2.18. The fourth-order valence-corrected chi connectivity index (χ4v) is 1.14. The molecule has 3 nitrogen and oxygen atoms in total. The Kier molecular flexibility index (Phi) is 2.90. The molecular formula is C10H11O3. The zero-order valence-corrected chi connectivity index (χ0v) is 7.61. The fraction of sp³-hybridized carbons (Fsp3) is 0.300. The van der Waals surface area contributed by atoms with Crippen LogP contribution in [-0.4, -0.2) is 13.1 Å². The van der Waals surface area contributed by atoms with Crippen LogP contribution in [-0.2, 0) is 14.6 Å². The van der Waals surface area contributed by atoms with E-state index in [4.69, 9.17) is 0 Å². The molecule has 0 aliphatic heterocycles. The monoisotopic (exact) mass is 179 g/mol. The summed E-state index contributed by atoms with van der Waals surface area (Å²) in [5.74, 6) is -0.998. The molecular weight excluding hydrogens is 168 g/mol. The van der Waals surface area contributed by atoms with Crippen molar-refractivity contribution in [2.24, 2.45) is 0 Å². The van der Waals surface area contributed by atoms with Gasteiger partial charge in [-0.3, -0.25) is 9.90 Å². The van der Waals surface area contributed by atoms with E-state index >= 15 is 0 Å². The Labute approximate surface area is 77.0 Å². The minimum absolute atomic E-state index is 0.125. The maximum absolute atomic E-state index is 11.3. The van der Waals surface area contributed by atoms with Gasteiger partial charge in [0, 0.05) is 5.56 Å². The molecule has 0 saturated carbocycles. The van der Waals surface area contributed by atoms with E-state index in [9.17, 15) is 9.90 Å². The summed E-state index contributed by atoms with van der Waals surface area (Å²) in [5, 5.41) is 11.3. The summed E-state index contributed by atoms with van der Waals surface area (Å²) in [6.45, 7) is 1.66. The second kappa shape index (κ2) is 3.94. The first kappa shape index (κ1) is 9.58. The van der Waals surface area contributed by atoms with Crippen molar-refractivity contribution < 1.29 is 14.6 Å². The molecule has 69 valence electrons. The lowest BCUT2D eigenvalue weighted by Gasteiger charge is -2.08. The maximum Gasteiger partial charge on any atom is 0.312 e. The first-order valence-corrected chi connectivity index (χ1v) is 4.00. The number of para-hydroxylation sites is 1. The Hall–Kier alpha value is -1.51. The van der Waals surface area contributed by atoms with Crippen LogP contribution in [0.5, 0.6) is 5.75 Å². The van der Waals surface area contributed by atoms with E-state index in [0.717, 1.165) is 0 Å². The Bertz CT molecular complexity index is 307. The van der Waals surface area contributed by atoms with Crippen molar-refractivity contribution in [1.29, 1.82) is 0 Å². The van der Waals surface area contributed by atoms with Gasteiger partial charge in [0.25, 0.3) is 0 Å². The molecule has 0 spiro atoms. The number of rotatable bonds is 2. The van der Waals surface area contributed by atoms with Crippen LogP contribution in [0.4, 0.5) is 0 Å². The molecule has 0 aliphatic carbocycles. The summed E-state index contributed by atoms with van der Waals surface area (Å²) in [5.41, 5.74) is 0.481. The second-order valence-corrected chi connectivity index (χ2v) is 2.78. The number of carbonyl (C=O) groups excluding carboxylic acids is 1. The summed E-state index contributed by atoms with van der Waals surface area (Å²) in [6, 6.07) is 6.46. The van der Waals surface area contributed by atoms with Gasteiger partial charge in [0.2, 0.25) is 0 Å². The van der Waals surface area contributed by atoms with Crippen molar-refractivity contribution in [3.63, 3.8) is 0 Å². The molecule has 0 aliphatic rings. The highest BCUT2D eigenvalue weighted by atomic mass is 16.5. The van der Waals surface area contributed by atoms with E-state index in [1.54, 1.807) is 25.1 Å². The highest BCUT2D eigenvalue weighted by molar-refractivity contribution is 5.78. The highest BCUT2D eigenvalue weighted by Crippen LogP contribution is 2.26. The summed E-state index contributed by atoms with van der Waals surface area (Å²) in [7, 11) is 1.31. The molecule has 1 aromatic rings. The van der Waals surface area contributed by atoms with E-state index in [1.807, 2.05) is 0 Å². The molecule has 0 bridgehead atoms. The van der Waals surface area contributed by atoms with Crippen LogP contribution in [0.2, 0.25) is 0 Å². The van der Waals surface area contributed by atoms with Gasteiger partial charge in [0.15, 0.2) is 5.75 Å². The Morgan fingerprint density at radius 1 is 1.38 bits per heavy atom. The quantitative estimate of drug-likeness (QED) is 0.652. The lowest BCUT2D eigenvalue weighted by molar-refractivity contribution is -0.142. The van der Waals surface area contributed by atoms with Crippen LogP contribution in [0.3, 0.4) is 0 Å². The smallest absolute Gasteiger partial charge is 0.312 e. The third-order valence-electron chi connectivity index (χ3n) is 1.94. The van der Waals surface area contributed by atoms with E-state index in [1.165, 1.54) is 13.2 Å². The number of ether oxygens (including phenoxy) is 1. The molecule has 1 unspecified atom stereocenters. The predicted octanol–water partition coefficient (Wildman–Crippen LogP) is 2.11. The zero-order chi connectivity index (χ0) is 9.84. The number of methoxy groups -OCH3 is 1. The average molecular weight is 179 g/mol. The Morgan fingerprint density at radius 2 is 2.00 bits per heavy atom. The van der Waals surface area contributed by atoms with Gasteiger partial charge in [0.1, 0.15) is 0 Å². The Morgan fingerprint density at radius 3 is 2.54 bits per heavy atom. The van der Waals surface area contributed by atoms with Crippen molar-refractivity contribution in [2.75, 3.05) is 7.11 Å². The summed E-state index contributed by atoms with van der Waals surface area (Å²) >= 11 is 0. The number of benzene rings is 1. The van der Waals surface area contributed by atoms with Gasteiger partial charge in [-0.05, 0) is 13.0 Å². The molecule has 0 amide bonds. The zero-order valence-electron chi connectivity index (χ0n) is 7.61. The Balaban J connectivity index is 2.95. The minimum atomic E-state index is -0.487. The molecule has 1 aromatic carbocycles. The van der Waals surface area contributed by atoms with Gasteiger partial charge in [-0.1, -0.05) is 18.2 Å². The van der Waals surface area contributed by atoms with E-state index < -0.39 is 5.92 Å². The minimum Gasteiger partial charge on any atom is -0.469 e. The first-order valence-electron chi connectivity index (χ1n) is 4.00. The lowest BCUT2D eigenvalue weighted by Crippen LogP contribution is -2.10. The molecule has 0 fully saturated rings. The van der Waals surface area contributed by atoms with Crippen LogP contribution >= 0.6 is 0 Å². The molecule has 1 radical (unpaired) electrons. The van der Waals surface area contributed by atoms with Gasteiger partial charge >= 0.3 is 5.97 Å². The van der Waals surface area contributed by atoms with Gasteiger partial charge < -0.3 is 4.74 Å². The van der Waals surface area contributed by atoms with Crippen LogP contribution in [0.25, 0.3) is 0 Å². The van der Waals surface area contributed by atoms with Crippen molar-refractivity contribution in [3.05, 3.63) is 29.8 Å². The predicted molar refractivity (Wildman–Crippen MR) is 47.0 cm³/mol. The molecule has 1 atom stereocenters. The van der Waals surface area contributed by atoms with Crippen LogP contribution in [0.15, 0.2) is 24.3 Å². The van der Waals surface area contributed by atoms with Crippen LogP contribution in [0, 0.1) is 0 Å². The lowest BCUT2D eigenvalue weighted by atomic mass is 10.0. The summed E-state index contributed by atoms with van der Waals surface area (Å²) < 4.78 is 4.54. The van der Waals surface area contributed by atoms with Crippen molar-refractivity contribution in [1.82, 2.24) is 0 Å². The van der Waals surface area contributed by atoms with E-state index in [-0.39, 0.29) is 11.7 Å². The van der Waals surface area contributed by atoms with Crippen LogP contribution in [0.1, 0.15) is 18.4 Å². The van der Waals surface area contributed by atoms with Gasteiger partial charge in [-0.2, -0.15) is 0 Å². The van der Waals surface area contributed by atoms with E-state index in [2.05, 4.69) is 4.74 Å². The van der Waals surface area contributed by atoms with Crippen molar-refractivity contribution in [3.8, 4) is 5.75 Å². The third-order valence-corrected chi connectivity index (χ3v) is 1.94. The van der Waals surface area contributed by atoms with Crippen LogP contribution < -0.4 is 0 Å². The first-order chi connectivity index (χ1) is 6.16. The van der Waals surface area contributed by atoms with Gasteiger partial charge in [-0.25, -0.2) is 0 Å². The largest absolute Gasteiger partial charge is 0.469 e. The average Bonchev–Trinajstić information content (AvgIpc) is 2.16. The number of hydrogen-bond acceptors (Lipinski definition) is 2. The van der Waals surface area contributed by atoms with Gasteiger partial charge in [-0.15, -0.1) is 0 Å². The SMILES string of the molecule is COC(=O)C(C)c1ccccc1[O]. The molecule has 0 saturated heterocycles. The number of esters is 1. The maximum atomic E-state index is 11.3. The molecule has 3 heteroatoms. The van der Waals surface area contributed by atoms with Crippen molar-refractivity contribution >= 4 is 5.97 Å². The molecule has 1 rings (SSSR count). The summed E-state index contributed by atoms with van der Waals surface area (Å²) in [4.78, 5) is 11.1. The molecule has 13 heavy (non-hydrogen) atoms. The fourth-order valence-electron chi connectivity index (χ4n) is 1.14. The van der Waals surface area contributed by atoms with Crippen molar-refractivity contribution in [2.45, 2.75) is 12.8 Å². The number of hydrogen-bond donors (Lipinski definition) is 0. The summed E-state index contributed by atoms with van der Waals surface area (Å²) in [6.07, 6.45) is 0. The molecule has 0 aromatic heterocycles. The normalized spacial score (nSPS) is 12.2. The second-order valence-electron chi connectivity index (χ2n) is 2.78. The van der Waals surface area contributed by atoms with Gasteiger partial charge in [0.05, 0.1) is 13.0 Å². The topological polar surface area (TPSA) is 46.2 Å². The molecule has 0 N–H and O–H groups in total.